The zero-order valence-electron chi connectivity index (χ0n) is 18.2. The molecule has 2 amide bonds. The number of carbonyl (C=O) groups is 2. The third-order valence-electron chi connectivity index (χ3n) is 6.79. The van der Waals surface area contributed by atoms with E-state index in [1.165, 1.54) is 15.9 Å². The fraction of sp³-hybridized carbons (Fsp3) is 0.148. The quantitative estimate of drug-likeness (QED) is 0.446. The molecule has 1 aromatic heterocycles. The van der Waals surface area contributed by atoms with Gasteiger partial charge in [-0.1, -0.05) is 60.1 Å². The van der Waals surface area contributed by atoms with Crippen LogP contribution in [0, 0.1) is 0 Å². The zero-order chi connectivity index (χ0) is 23.6. The van der Waals surface area contributed by atoms with Crippen LogP contribution in [0.15, 0.2) is 82.0 Å². The van der Waals surface area contributed by atoms with E-state index in [9.17, 15) is 14.4 Å². The van der Waals surface area contributed by atoms with Crippen molar-refractivity contribution in [2.24, 2.45) is 0 Å². The Balaban J connectivity index is 1.65. The van der Waals surface area contributed by atoms with E-state index in [2.05, 4.69) is 0 Å². The van der Waals surface area contributed by atoms with Gasteiger partial charge in [0.15, 0.2) is 11.0 Å². The van der Waals surface area contributed by atoms with Gasteiger partial charge in [-0.2, -0.15) is 0 Å². The summed E-state index contributed by atoms with van der Waals surface area (Å²) in [4.78, 5) is 44.7. The largest absolute Gasteiger partial charge is 0.450 e. The van der Waals surface area contributed by atoms with E-state index in [1.54, 1.807) is 25.2 Å². The second kappa shape index (κ2) is 7.30. The van der Waals surface area contributed by atoms with Crippen LogP contribution in [0.25, 0.3) is 11.0 Å². The Kier molecular flexibility index (Phi) is 4.44. The second-order valence-electron chi connectivity index (χ2n) is 8.56. The van der Waals surface area contributed by atoms with E-state index in [1.807, 2.05) is 48.5 Å². The molecule has 0 aliphatic carbocycles. The highest BCUT2D eigenvalue weighted by atomic mass is 35.5. The minimum absolute atomic E-state index is 0.0575. The lowest BCUT2D eigenvalue weighted by atomic mass is 9.84. The molecule has 0 saturated carbocycles. The summed E-state index contributed by atoms with van der Waals surface area (Å²) in [6, 6.07) is 21.7. The summed E-state index contributed by atoms with van der Waals surface area (Å²) in [6.07, 6.45) is 0.515. The van der Waals surface area contributed by atoms with Crippen molar-refractivity contribution in [3.05, 3.63) is 110 Å². The highest BCUT2D eigenvalue weighted by Gasteiger charge is 2.64. The van der Waals surface area contributed by atoms with E-state index in [0.29, 0.717) is 22.7 Å². The molecule has 0 unspecified atom stereocenters. The van der Waals surface area contributed by atoms with E-state index in [-0.39, 0.29) is 34.7 Å². The fourth-order valence-electron chi connectivity index (χ4n) is 5.25. The molecule has 0 saturated heterocycles. The van der Waals surface area contributed by atoms with Crippen LogP contribution in [-0.4, -0.2) is 30.3 Å². The third kappa shape index (κ3) is 2.60. The normalized spacial score (nSPS) is 18.8. The Labute approximate surface area is 200 Å². The molecule has 2 aliphatic rings. The lowest BCUT2D eigenvalue weighted by Crippen LogP contribution is -2.53. The zero-order valence-corrected chi connectivity index (χ0v) is 19.0. The summed E-state index contributed by atoms with van der Waals surface area (Å²) in [6.45, 7) is 0.234. The van der Waals surface area contributed by atoms with Gasteiger partial charge in [-0.3, -0.25) is 14.4 Å². The minimum atomic E-state index is -1.59. The molecule has 0 radical (unpaired) electrons. The average Bonchev–Trinajstić information content (AvgIpc) is 3.23. The molecule has 6 rings (SSSR count). The first kappa shape index (κ1) is 20.7. The van der Waals surface area contributed by atoms with Gasteiger partial charge in [0.25, 0.3) is 11.8 Å². The van der Waals surface area contributed by atoms with Crippen LogP contribution in [0.4, 0.5) is 5.69 Å². The number of para-hydroxylation sites is 1. The highest BCUT2D eigenvalue weighted by molar-refractivity contribution is 6.31. The van der Waals surface area contributed by atoms with E-state index in [0.717, 1.165) is 5.56 Å². The van der Waals surface area contributed by atoms with Crippen LogP contribution in [0.5, 0.6) is 0 Å². The minimum Gasteiger partial charge on any atom is -0.450 e. The van der Waals surface area contributed by atoms with Crippen molar-refractivity contribution in [2.75, 3.05) is 18.5 Å². The molecule has 168 valence electrons. The van der Waals surface area contributed by atoms with Crippen molar-refractivity contribution in [3.8, 4) is 0 Å². The van der Waals surface area contributed by atoms with Gasteiger partial charge in [-0.25, -0.2) is 0 Å². The molecule has 34 heavy (non-hydrogen) atoms. The molecule has 6 nitrogen and oxygen atoms in total. The molecule has 7 heteroatoms. The summed E-state index contributed by atoms with van der Waals surface area (Å²) >= 11 is 6.17. The predicted molar refractivity (Wildman–Crippen MR) is 129 cm³/mol. The SMILES string of the molecule is CN1C(=O)[C@]2(c3ccccc31)c1c(oc3ccc(Cl)cc3c1=O)C(=O)N2CCc1ccccc1. The topological polar surface area (TPSA) is 70.8 Å². The van der Waals surface area contributed by atoms with E-state index < -0.39 is 16.9 Å². The van der Waals surface area contributed by atoms with Crippen LogP contribution >= 0.6 is 11.6 Å². The van der Waals surface area contributed by atoms with Gasteiger partial charge in [0.05, 0.1) is 10.9 Å². The number of hydrogen-bond acceptors (Lipinski definition) is 4. The first-order valence-corrected chi connectivity index (χ1v) is 11.3. The summed E-state index contributed by atoms with van der Waals surface area (Å²) in [5.74, 6) is -0.924. The van der Waals surface area contributed by atoms with Crippen LogP contribution in [0.2, 0.25) is 5.02 Å². The molecule has 0 fully saturated rings. The predicted octanol–water partition coefficient (Wildman–Crippen LogP) is 4.36. The molecule has 3 heterocycles. The number of anilines is 1. The van der Waals surface area contributed by atoms with Gasteiger partial charge in [0.2, 0.25) is 5.76 Å². The standard InChI is InChI=1S/C27H19ClN2O4/c1-29-20-10-6-5-9-19(20)27(26(29)33)22-23(31)18-15-17(28)11-12-21(18)34-24(22)25(32)30(27)14-13-16-7-3-2-4-8-16/h2-12,15H,13-14H2,1H3/t27-/m0/s1. The number of fused-ring (bicyclic) bond motifs is 5. The summed E-state index contributed by atoms with van der Waals surface area (Å²) in [5.41, 5.74) is 0.567. The maximum absolute atomic E-state index is 14.0. The molecule has 0 bridgehead atoms. The van der Waals surface area contributed by atoms with Crippen molar-refractivity contribution in [1.29, 1.82) is 0 Å². The van der Waals surface area contributed by atoms with Gasteiger partial charge in [-0.05, 0) is 36.2 Å². The lowest BCUT2D eigenvalue weighted by molar-refractivity contribution is -0.125. The Morgan fingerprint density at radius 1 is 0.941 bits per heavy atom. The van der Waals surface area contributed by atoms with Crippen LogP contribution in [-0.2, 0) is 16.8 Å². The summed E-state index contributed by atoms with van der Waals surface area (Å²) in [5, 5.41) is 0.609. The van der Waals surface area contributed by atoms with E-state index >= 15 is 0 Å². The first-order valence-electron chi connectivity index (χ1n) is 10.9. The van der Waals surface area contributed by atoms with Crippen LogP contribution in [0.1, 0.15) is 27.2 Å². The molecule has 4 aromatic rings. The molecule has 0 N–H and O–H groups in total. The number of rotatable bonds is 3. The molecule has 3 aromatic carbocycles. The molecule has 1 spiro atoms. The monoisotopic (exact) mass is 470 g/mol. The Morgan fingerprint density at radius 2 is 1.68 bits per heavy atom. The van der Waals surface area contributed by atoms with Gasteiger partial charge in [-0.15, -0.1) is 0 Å². The van der Waals surface area contributed by atoms with Gasteiger partial charge < -0.3 is 14.2 Å². The van der Waals surface area contributed by atoms with Gasteiger partial charge in [0, 0.05) is 29.9 Å². The van der Waals surface area contributed by atoms with Crippen molar-refractivity contribution in [3.63, 3.8) is 0 Å². The van der Waals surface area contributed by atoms with E-state index in [4.69, 9.17) is 16.0 Å². The molecular weight excluding hydrogens is 452 g/mol. The number of hydrogen-bond donors (Lipinski definition) is 0. The van der Waals surface area contributed by atoms with Crippen molar-refractivity contribution in [1.82, 2.24) is 4.90 Å². The number of halogens is 1. The third-order valence-corrected chi connectivity index (χ3v) is 7.03. The lowest BCUT2D eigenvalue weighted by Gasteiger charge is -2.34. The number of nitrogens with zero attached hydrogens (tertiary/aromatic N) is 2. The number of amides is 2. The molecule has 1 atom stereocenters. The fourth-order valence-corrected chi connectivity index (χ4v) is 5.43. The maximum Gasteiger partial charge on any atom is 0.291 e. The van der Waals surface area contributed by atoms with Crippen LogP contribution < -0.4 is 10.3 Å². The van der Waals surface area contributed by atoms with Gasteiger partial charge in [0.1, 0.15) is 5.58 Å². The van der Waals surface area contributed by atoms with Gasteiger partial charge >= 0.3 is 0 Å². The highest BCUT2D eigenvalue weighted by Crippen LogP contribution is 2.52. The Morgan fingerprint density at radius 3 is 2.47 bits per heavy atom. The van der Waals surface area contributed by atoms with Crippen LogP contribution in [0.3, 0.4) is 0 Å². The first-order chi connectivity index (χ1) is 16.4. The van der Waals surface area contributed by atoms with Crippen molar-refractivity contribution in [2.45, 2.75) is 12.0 Å². The number of likely N-dealkylation sites (N-methyl/N-ethyl adjacent to an activating group) is 1. The summed E-state index contributed by atoms with van der Waals surface area (Å²) in [7, 11) is 1.66. The number of benzene rings is 3. The molecule has 2 aliphatic heterocycles. The second-order valence-corrected chi connectivity index (χ2v) is 9.00. The summed E-state index contributed by atoms with van der Waals surface area (Å²) < 4.78 is 6.00. The maximum atomic E-state index is 14.0. The average molecular weight is 471 g/mol. The smallest absolute Gasteiger partial charge is 0.291 e. The number of carbonyl (C=O) groups excluding carboxylic acids is 2. The van der Waals surface area contributed by atoms with Crippen molar-refractivity contribution < 1.29 is 14.0 Å². The Bertz CT molecular complexity index is 1560. The van der Waals surface area contributed by atoms with Crippen molar-refractivity contribution >= 4 is 40.1 Å². The molecular formula is C27H19ClN2O4. The Hall–Kier alpha value is -3.90.